The van der Waals surface area contributed by atoms with Gasteiger partial charge in [-0.2, -0.15) is 0 Å². The molecule has 32 heavy (non-hydrogen) atoms. The van der Waals surface area contributed by atoms with Crippen molar-refractivity contribution in [3.8, 4) is 17.2 Å². The van der Waals surface area contributed by atoms with Crippen molar-refractivity contribution in [2.24, 2.45) is 0 Å². The van der Waals surface area contributed by atoms with Gasteiger partial charge in [-0.25, -0.2) is 9.78 Å². The van der Waals surface area contributed by atoms with Crippen LogP contribution in [0.15, 0.2) is 52.9 Å². The van der Waals surface area contributed by atoms with E-state index in [0.29, 0.717) is 38.6 Å². The first-order chi connectivity index (χ1) is 15.5. The monoisotopic (exact) mass is 437 g/mol. The van der Waals surface area contributed by atoms with Gasteiger partial charge in [0, 0.05) is 25.0 Å². The maximum atomic E-state index is 12.1. The van der Waals surface area contributed by atoms with Crippen molar-refractivity contribution in [1.29, 1.82) is 0 Å². The summed E-state index contributed by atoms with van der Waals surface area (Å²) in [5, 5.41) is 0. The highest BCUT2D eigenvalue weighted by atomic mass is 16.6. The van der Waals surface area contributed by atoms with E-state index in [-0.39, 0.29) is 5.97 Å². The van der Waals surface area contributed by atoms with E-state index in [1.54, 1.807) is 6.92 Å². The molecule has 6 heteroatoms. The van der Waals surface area contributed by atoms with Crippen LogP contribution in [0, 0.1) is 13.8 Å². The van der Waals surface area contributed by atoms with Crippen molar-refractivity contribution in [2.45, 2.75) is 46.6 Å². The molecule has 0 spiro atoms. The Labute approximate surface area is 189 Å². The second-order valence-electron chi connectivity index (χ2n) is 7.47. The summed E-state index contributed by atoms with van der Waals surface area (Å²) in [6, 6.07) is 15.7. The first kappa shape index (κ1) is 23.5. The standard InChI is InChI=1S/C26H31NO5/c1-5-29-24(26(28)30-6-2)17-21-12-13-22(16-18(21)3)31-15-14-23-19(4)32-25(27-23)20-10-8-7-9-11-20/h7-13,16,24H,5-6,14-15,17H2,1-4H3/t24-/m1/s1. The van der Waals surface area contributed by atoms with Gasteiger partial charge in [-0.3, -0.25) is 0 Å². The number of carbonyl (C=O) groups is 1. The van der Waals surface area contributed by atoms with Crippen molar-refractivity contribution in [3.05, 3.63) is 71.1 Å². The molecular weight excluding hydrogens is 406 g/mol. The number of carbonyl (C=O) groups excluding carboxylic acids is 1. The normalized spacial score (nSPS) is 11.9. The fourth-order valence-corrected chi connectivity index (χ4v) is 3.46. The number of hydrogen-bond acceptors (Lipinski definition) is 6. The molecule has 0 radical (unpaired) electrons. The molecule has 6 nitrogen and oxygen atoms in total. The smallest absolute Gasteiger partial charge is 0.335 e. The lowest BCUT2D eigenvalue weighted by Crippen LogP contribution is -2.29. The number of nitrogens with zero attached hydrogens (tertiary/aromatic N) is 1. The number of aromatic nitrogens is 1. The van der Waals surface area contributed by atoms with E-state index in [9.17, 15) is 4.79 Å². The van der Waals surface area contributed by atoms with Crippen LogP contribution < -0.4 is 4.74 Å². The number of oxazole rings is 1. The van der Waals surface area contributed by atoms with E-state index < -0.39 is 6.10 Å². The van der Waals surface area contributed by atoms with Crippen LogP contribution in [-0.2, 0) is 27.1 Å². The topological polar surface area (TPSA) is 70.8 Å². The van der Waals surface area contributed by atoms with Gasteiger partial charge < -0.3 is 18.6 Å². The van der Waals surface area contributed by atoms with E-state index in [1.807, 2.05) is 69.3 Å². The molecular formula is C26H31NO5. The Kier molecular flexibility index (Phi) is 8.45. The van der Waals surface area contributed by atoms with E-state index in [1.165, 1.54) is 0 Å². The molecule has 0 saturated carbocycles. The summed E-state index contributed by atoms with van der Waals surface area (Å²) in [7, 11) is 0. The average molecular weight is 438 g/mol. The molecule has 1 aromatic heterocycles. The molecule has 170 valence electrons. The zero-order valence-electron chi connectivity index (χ0n) is 19.2. The largest absolute Gasteiger partial charge is 0.493 e. The zero-order chi connectivity index (χ0) is 22.9. The van der Waals surface area contributed by atoms with E-state index in [2.05, 4.69) is 4.98 Å². The van der Waals surface area contributed by atoms with Gasteiger partial charge in [0.2, 0.25) is 5.89 Å². The number of benzene rings is 2. The summed E-state index contributed by atoms with van der Waals surface area (Å²) in [6.07, 6.45) is 0.525. The van der Waals surface area contributed by atoms with Gasteiger partial charge in [0.15, 0.2) is 6.10 Å². The van der Waals surface area contributed by atoms with Gasteiger partial charge >= 0.3 is 5.97 Å². The fourth-order valence-electron chi connectivity index (χ4n) is 3.46. The van der Waals surface area contributed by atoms with Crippen LogP contribution in [0.1, 0.15) is 36.4 Å². The molecule has 1 heterocycles. The Hall–Kier alpha value is -3.12. The van der Waals surface area contributed by atoms with Gasteiger partial charge in [-0.05, 0) is 63.1 Å². The van der Waals surface area contributed by atoms with Crippen LogP contribution in [0.5, 0.6) is 5.75 Å². The Morgan fingerprint density at radius 2 is 1.84 bits per heavy atom. The van der Waals surface area contributed by atoms with Gasteiger partial charge in [0.25, 0.3) is 0 Å². The Morgan fingerprint density at radius 3 is 2.53 bits per heavy atom. The average Bonchev–Trinajstić information content (AvgIpc) is 3.16. The SMILES string of the molecule is CCOC(=O)[C@@H](Cc1ccc(OCCc2nc(-c3ccccc3)oc2C)cc1C)OCC. The third-order valence-electron chi connectivity index (χ3n) is 5.16. The highest BCUT2D eigenvalue weighted by Gasteiger charge is 2.21. The van der Waals surface area contributed by atoms with Crippen LogP contribution in [0.2, 0.25) is 0 Å². The van der Waals surface area contributed by atoms with Crippen LogP contribution in [0.25, 0.3) is 11.5 Å². The van der Waals surface area contributed by atoms with Crippen LogP contribution in [0.3, 0.4) is 0 Å². The van der Waals surface area contributed by atoms with Crippen molar-refractivity contribution in [3.63, 3.8) is 0 Å². The van der Waals surface area contributed by atoms with Gasteiger partial charge in [0.1, 0.15) is 11.5 Å². The zero-order valence-corrected chi connectivity index (χ0v) is 19.2. The first-order valence-corrected chi connectivity index (χ1v) is 11.0. The molecule has 0 aliphatic rings. The fraction of sp³-hybridized carbons (Fsp3) is 0.385. The molecule has 1 atom stereocenters. The third-order valence-corrected chi connectivity index (χ3v) is 5.16. The Morgan fingerprint density at radius 1 is 1.06 bits per heavy atom. The second-order valence-corrected chi connectivity index (χ2v) is 7.47. The summed E-state index contributed by atoms with van der Waals surface area (Å²) in [5.74, 6) is 1.88. The van der Waals surface area contributed by atoms with Crippen LogP contribution in [0.4, 0.5) is 0 Å². The molecule has 0 unspecified atom stereocenters. The number of aryl methyl sites for hydroxylation is 2. The molecule has 0 fully saturated rings. The van der Waals surface area contributed by atoms with Gasteiger partial charge in [-0.15, -0.1) is 0 Å². The predicted octanol–water partition coefficient (Wildman–Crippen LogP) is 5.09. The highest BCUT2D eigenvalue weighted by molar-refractivity contribution is 5.75. The van der Waals surface area contributed by atoms with Gasteiger partial charge in [-0.1, -0.05) is 24.3 Å². The lowest BCUT2D eigenvalue weighted by atomic mass is 10.0. The quantitative estimate of drug-likeness (QED) is 0.389. The van der Waals surface area contributed by atoms with Crippen LogP contribution in [-0.4, -0.2) is 36.9 Å². The molecule has 0 N–H and O–H groups in total. The summed E-state index contributed by atoms with van der Waals surface area (Å²) < 4.78 is 22.5. The molecule has 0 bridgehead atoms. The second kappa shape index (κ2) is 11.5. The highest BCUT2D eigenvalue weighted by Crippen LogP contribution is 2.23. The minimum Gasteiger partial charge on any atom is -0.493 e. The summed E-state index contributed by atoms with van der Waals surface area (Å²) >= 11 is 0. The maximum absolute atomic E-state index is 12.1. The van der Waals surface area contributed by atoms with E-state index in [0.717, 1.165) is 33.9 Å². The minimum atomic E-state index is -0.598. The maximum Gasteiger partial charge on any atom is 0.335 e. The molecule has 0 saturated heterocycles. The predicted molar refractivity (Wildman–Crippen MR) is 123 cm³/mol. The van der Waals surface area contributed by atoms with Crippen molar-refractivity contribution in [1.82, 2.24) is 4.98 Å². The van der Waals surface area contributed by atoms with Gasteiger partial charge in [0.05, 0.1) is 18.9 Å². The number of esters is 1. The molecule has 2 aromatic carbocycles. The Balaban J connectivity index is 1.58. The Bertz CT molecular complexity index is 1010. The molecule has 3 aromatic rings. The van der Waals surface area contributed by atoms with E-state index in [4.69, 9.17) is 18.6 Å². The van der Waals surface area contributed by atoms with Crippen molar-refractivity contribution < 1.29 is 23.4 Å². The lowest BCUT2D eigenvalue weighted by molar-refractivity contribution is -0.156. The molecule has 3 rings (SSSR count). The first-order valence-electron chi connectivity index (χ1n) is 11.0. The molecule has 0 aliphatic carbocycles. The summed E-state index contributed by atoms with van der Waals surface area (Å²) in [4.78, 5) is 16.7. The molecule has 0 aliphatic heterocycles. The number of hydrogen-bond donors (Lipinski definition) is 0. The third kappa shape index (κ3) is 6.20. The van der Waals surface area contributed by atoms with Crippen molar-refractivity contribution >= 4 is 5.97 Å². The minimum absolute atomic E-state index is 0.327. The lowest BCUT2D eigenvalue weighted by Gasteiger charge is -2.17. The summed E-state index contributed by atoms with van der Waals surface area (Å²) in [6.45, 7) is 8.88. The van der Waals surface area contributed by atoms with Crippen LogP contribution >= 0.6 is 0 Å². The van der Waals surface area contributed by atoms with Crippen molar-refractivity contribution in [2.75, 3.05) is 19.8 Å². The number of ether oxygens (including phenoxy) is 3. The molecule has 0 amide bonds. The number of rotatable bonds is 11. The summed E-state index contributed by atoms with van der Waals surface area (Å²) in [5.41, 5.74) is 3.93. The van der Waals surface area contributed by atoms with E-state index >= 15 is 0 Å².